The minimum Gasteiger partial charge on any atom is -0.370 e. The predicted octanol–water partition coefficient (Wildman–Crippen LogP) is 2.19. The molecule has 0 bridgehead atoms. The van der Waals surface area contributed by atoms with Gasteiger partial charge in [0.05, 0.1) is 0 Å². The van der Waals surface area contributed by atoms with Crippen LogP contribution in [-0.4, -0.2) is 29.2 Å². The Morgan fingerprint density at radius 1 is 1.19 bits per heavy atom. The van der Waals surface area contributed by atoms with Crippen LogP contribution in [0.2, 0.25) is 0 Å². The van der Waals surface area contributed by atoms with E-state index in [1.165, 1.54) is 6.33 Å². The third kappa shape index (κ3) is 3.56. The third-order valence-electron chi connectivity index (χ3n) is 1.88. The molecule has 0 aliphatic carbocycles. The van der Waals surface area contributed by atoms with Gasteiger partial charge in [-0.3, -0.25) is 0 Å². The maximum atomic E-state index is 12.0. The van der Waals surface area contributed by atoms with Crippen molar-refractivity contribution >= 4 is 11.6 Å². The Balaban J connectivity index is 2.77. The first-order chi connectivity index (χ1) is 7.44. The first-order valence-electron chi connectivity index (χ1n) is 4.80. The summed E-state index contributed by atoms with van der Waals surface area (Å²) in [6.07, 6.45) is -3.03. The van der Waals surface area contributed by atoms with Crippen molar-refractivity contribution in [3.8, 4) is 0 Å². The van der Waals surface area contributed by atoms with E-state index in [0.717, 1.165) is 0 Å². The zero-order chi connectivity index (χ0) is 12.2. The lowest BCUT2D eigenvalue weighted by molar-refractivity contribution is -0.115. The molecule has 0 aliphatic heterocycles. The van der Waals surface area contributed by atoms with Crippen molar-refractivity contribution in [2.75, 3.05) is 23.7 Å². The Labute approximate surface area is 91.3 Å². The Kier molecular flexibility index (Phi) is 3.92. The second-order valence-electron chi connectivity index (χ2n) is 3.19. The van der Waals surface area contributed by atoms with Crippen molar-refractivity contribution in [1.82, 2.24) is 9.97 Å². The standard InChI is InChI=1S/C9H13F3N4/c1-3-13-7-6(2)8(16-5-15-7)14-4-9(10,11)12/h5H,3-4H2,1-2H3,(H2,13,14,15,16). The summed E-state index contributed by atoms with van der Waals surface area (Å²) in [6, 6.07) is 0. The summed E-state index contributed by atoms with van der Waals surface area (Å²) in [5.74, 6) is 0.741. The fourth-order valence-corrected chi connectivity index (χ4v) is 1.16. The van der Waals surface area contributed by atoms with Gasteiger partial charge in [0.15, 0.2) is 0 Å². The number of aromatic nitrogens is 2. The van der Waals surface area contributed by atoms with Crippen LogP contribution in [0, 0.1) is 6.92 Å². The van der Waals surface area contributed by atoms with Crippen molar-refractivity contribution in [3.05, 3.63) is 11.9 Å². The van der Waals surface area contributed by atoms with E-state index in [-0.39, 0.29) is 5.82 Å². The van der Waals surface area contributed by atoms with E-state index in [2.05, 4.69) is 20.6 Å². The quantitative estimate of drug-likeness (QED) is 0.838. The van der Waals surface area contributed by atoms with Gasteiger partial charge < -0.3 is 10.6 Å². The molecule has 1 aromatic rings. The van der Waals surface area contributed by atoms with Crippen molar-refractivity contribution in [2.24, 2.45) is 0 Å². The van der Waals surface area contributed by atoms with Gasteiger partial charge in [0.2, 0.25) is 0 Å². The lowest BCUT2D eigenvalue weighted by Crippen LogP contribution is -2.22. The van der Waals surface area contributed by atoms with E-state index in [0.29, 0.717) is 17.9 Å². The lowest BCUT2D eigenvalue weighted by atomic mass is 10.3. The zero-order valence-corrected chi connectivity index (χ0v) is 9.02. The number of nitrogens with zero attached hydrogens (tertiary/aromatic N) is 2. The normalized spacial score (nSPS) is 11.3. The number of rotatable bonds is 4. The van der Waals surface area contributed by atoms with Crippen LogP contribution < -0.4 is 10.6 Å². The first-order valence-corrected chi connectivity index (χ1v) is 4.80. The van der Waals surface area contributed by atoms with Gasteiger partial charge in [0.1, 0.15) is 24.5 Å². The number of nitrogens with one attached hydrogen (secondary N) is 2. The Morgan fingerprint density at radius 2 is 1.75 bits per heavy atom. The summed E-state index contributed by atoms with van der Waals surface area (Å²) < 4.78 is 36.0. The number of hydrogen-bond donors (Lipinski definition) is 2. The molecule has 1 rings (SSSR count). The summed E-state index contributed by atoms with van der Waals surface area (Å²) in [7, 11) is 0. The maximum absolute atomic E-state index is 12.0. The minimum atomic E-state index is -4.25. The van der Waals surface area contributed by atoms with Gasteiger partial charge in [-0.15, -0.1) is 0 Å². The highest BCUT2D eigenvalue weighted by molar-refractivity contribution is 5.56. The Morgan fingerprint density at radius 3 is 2.25 bits per heavy atom. The summed E-state index contributed by atoms with van der Waals surface area (Å²) in [5.41, 5.74) is 0.577. The fraction of sp³-hybridized carbons (Fsp3) is 0.556. The highest BCUT2D eigenvalue weighted by Crippen LogP contribution is 2.20. The summed E-state index contributed by atoms with van der Waals surface area (Å²) >= 11 is 0. The molecule has 0 atom stereocenters. The van der Waals surface area contributed by atoms with Crippen LogP contribution in [0.25, 0.3) is 0 Å². The predicted molar refractivity (Wildman–Crippen MR) is 55.5 cm³/mol. The minimum absolute atomic E-state index is 0.197. The molecular formula is C9H13F3N4. The average molecular weight is 234 g/mol. The van der Waals surface area contributed by atoms with E-state index >= 15 is 0 Å². The summed E-state index contributed by atoms with van der Waals surface area (Å²) in [6.45, 7) is 3.09. The second-order valence-corrected chi connectivity index (χ2v) is 3.19. The topological polar surface area (TPSA) is 49.8 Å². The molecule has 0 fully saturated rings. The molecular weight excluding hydrogens is 221 g/mol. The smallest absolute Gasteiger partial charge is 0.370 e. The number of halogens is 3. The fourth-order valence-electron chi connectivity index (χ4n) is 1.16. The lowest BCUT2D eigenvalue weighted by Gasteiger charge is -2.13. The highest BCUT2D eigenvalue weighted by atomic mass is 19.4. The third-order valence-corrected chi connectivity index (χ3v) is 1.88. The largest absolute Gasteiger partial charge is 0.405 e. The van der Waals surface area contributed by atoms with E-state index in [4.69, 9.17) is 0 Å². The second kappa shape index (κ2) is 5.00. The molecule has 0 spiro atoms. The molecule has 16 heavy (non-hydrogen) atoms. The molecule has 1 heterocycles. The maximum Gasteiger partial charge on any atom is 0.405 e. The molecule has 2 N–H and O–H groups in total. The van der Waals surface area contributed by atoms with E-state index in [9.17, 15) is 13.2 Å². The van der Waals surface area contributed by atoms with Gasteiger partial charge >= 0.3 is 6.18 Å². The highest BCUT2D eigenvalue weighted by Gasteiger charge is 2.27. The van der Waals surface area contributed by atoms with Crippen LogP contribution in [-0.2, 0) is 0 Å². The van der Waals surface area contributed by atoms with Gasteiger partial charge in [-0.1, -0.05) is 0 Å². The van der Waals surface area contributed by atoms with Gasteiger partial charge in [-0.2, -0.15) is 13.2 Å². The number of alkyl halides is 3. The molecule has 0 aromatic carbocycles. The van der Waals surface area contributed by atoms with E-state index in [1.54, 1.807) is 6.92 Å². The van der Waals surface area contributed by atoms with Gasteiger partial charge in [0, 0.05) is 12.1 Å². The van der Waals surface area contributed by atoms with Gasteiger partial charge in [0.25, 0.3) is 0 Å². The van der Waals surface area contributed by atoms with Crippen molar-refractivity contribution in [2.45, 2.75) is 20.0 Å². The summed E-state index contributed by atoms with van der Waals surface area (Å²) in [5, 5.41) is 5.18. The van der Waals surface area contributed by atoms with Crippen molar-refractivity contribution < 1.29 is 13.2 Å². The van der Waals surface area contributed by atoms with Gasteiger partial charge in [-0.25, -0.2) is 9.97 Å². The zero-order valence-electron chi connectivity index (χ0n) is 9.02. The molecule has 90 valence electrons. The van der Waals surface area contributed by atoms with Crippen LogP contribution in [0.4, 0.5) is 24.8 Å². The SMILES string of the molecule is CCNc1ncnc(NCC(F)(F)F)c1C. The number of anilines is 2. The van der Waals surface area contributed by atoms with E-state index in [1.807, 2.05) is 6.92 Å². The average Bonchev–Trinajstić information content (AvgIpc) is 2.18. The first kappa shape index (κ1) is 12.5. The van der Waals surface area contributed by atoms with Gasteiger partial charge in [-0.05, 0) is 13.8 Å². The molecule has 0 saturated heterocycles. The van der Waals surface area contributed by atoms with Crippen LogP contribution >= 0.6 is 0 Å². The van der Waals surface area contributed by atoms with Crippen LogP contribution in [0.5, 0.6) is 0 Å². The molecule has 1 aromatic heterocycles. The van der Waals surface area contributed by atoms with Crippen LogP contribution in [0.3, 0.4) is 0 Å². The van der Waals surface area contributed by atoms with Crippen molar-refractivity contribution in [1.29, 1.82) is 0 Å². The van der Waals surface area contributed by atoms with E-state index < -0.39 is 12.7 Å². The number of hydrogen-bond acceptors (Lipinski definition) is 4. The van der Waals surface area contributed by atoms with Crippen LogP contribution in [0.1, 0.15) is 12.5 Å². The molecule has 0 radical (unpaired) electrons. The Hall–Kier alpha value is -1.53. The molecule has 0 amide bonds. The Bertz CT molecular complexity index is 351. The van der Waals surface area contributed by atoms with Crippen molar-refractivity contribution in [3.63, 3.8) is 0 Å². The molecule has 4 nitrogen and oxygen atoms in total. The summed E-state index contributed by atoms with van der Waals surface area (Å²) in [4.78, 5) is 7.69. The molecule has 0 saturated carbocycles. The van der Waals surface area contributed by atoms with Crippen LogP contribution in [0.15, 0.2) is 6.33 Å². The molecule has 0 aliphatic rings. The molecule has 7 heteroatoms. The monoisotopic (exact) mass is 234 g/mol. The molecule has 0 unspecified atom stereocenters.